The minimum Gasteiger partial charge on any atom is -0.325 e. The molecule has 0 aliphatic heterocycles. The van der Waals surface area contributed by atoms with E-state index in [0.29, 0.717) is 5.41 Å². The second-order valence-electron chi connectivity index (χ2n) is 6.23. The van der Waals surface area contributed by atoms with E-state index in [1.807, 2.05) is 0 Å². The van der Waals surface area contributed by atoms with Gasteiger partial charge in [0.25, 0.3) is 0 Å². The predicted octanol–water partition coefficient (Wildman–Crippen LogP) is 4.25. The molecule has 1 aliphatic carbocycles. The van der Waals surface area contributed by atoms with Gasteiger partial charge in [-0.1, -0.05) is 46.0 Å². The molecule has 1 nitrogen and oxygen atoms in total. The summed E-state index contributed by atoms with van der Waals surface area (Å²) in [5.74, 6) is 0. The van der Waals surface area contributed by atoms with Gasteiger partial charge >= 0.3 is 0 Å². The zero-order chi connectivity index (χ0) is 11.4. The van der Waals surface area contributed by atoms with Crippen LogP contribution in [-0.4, -0.2) is 5.54 Å². The molecule has 0 heterocycles. The van der Waals surface area contributed by atoms with Gasteiger partial charge in [0.1, 0.15) is 0 Å². The molecule has 1 saturated carbocycles. The highest BCUT2D eigenvalue weighted by Crippen LogP contribution is 2.36. The van der Waals surface area contributed by atoms with Crippen molar-refractivity contribution in [1.29, 1.82) is 0 Å². The Bertz CT molecular complexity index is 186. The Labute approximate surface area is 95.8 Å². The fraction of sp³-hybridized carbons (Fsp3) is 1.00. The Balaban J connectivity index is 2.51. The molecular formula is C14H29N. The third kappa shape index (κ3) is 4.55. The van der Waals surface area contributed by atoms with E-state index >= 15 is 0 Å². The van der Waals surface area contributed by atoms with E-state index in [0.717, 1.165) is 0 Å². The Morgan fingerprint density at radius 3 is 2.07 bits per heavy atom. The SMILES string of the molecule is CCC1(C)CCCCCC(C)(N)CCC1. The lowest BCUT2D eigenvalue weighted by Gasteiger charge is -2.33. The van der Waals surface area contributed by atoms with Crippen LogP contribution in [0.3, 0.4) is 0 Å². The van der Waals surface area contributed by atoms with Gasteiger partial charge in [-0.3, -0.25) is 0 Å². The predicted molar refractivity (Wildman–Crippen MR) is 67.9 cm³/mol. The van der Waals surface area contributed by atoms with E-state index in [-0.39, 0.29) is 5.54 Å². The minimum atomic E-state index is 0.103. The topological polar surface area (TPSA) is 26.0 Å². The van der Waals surface area contributed by atoms with Crippen molar-refractivity contribution in [1.82, 2.24) is 0 Å². The molecule has 1 rings (SSSR count). The third-order valence-electron chi connectivity index (χ3n) is 4.41. The molecule has 1 aliphatic rings. The van der Waals surface area contributed by atoms with E-state index in [1.54, 1.807) is 0 Å². The van der Waals surface area contributed by atoms with E-state index in [9.17, 15) is 0 Å². The summed E-state index contributed by atoms with van der Waals surface area (Å²) in [5.41, 5.74) is 6.99. The fourth-order valence-corrected chi connectivity index (χ4v) is 2.78. The number of hydrogen-bond donors (Lipinski definition) is 1. The highest BCUT2D eigenvalue weighted by atomic mass is 14.7. The smallest absolute Gasteiger partial charge is 0.0125 e. The van der Waals surface area contributed by atoms with Gasteiger partial charge < -0.3 is 5.73 Å². The highest BCUT2D eigenvalue weighted by Gasteiger charge is 2.25. The van der Waals surface area contributed by atoms with Crippen LogP contribution in [0.2, 0.25) is 0 Å². The summed E-state index contributed by atoms with van der Waals surface area (Å²) in [4.78, 5) is 0. The fourth-order valence-electron chi connectivity index (χ4n) is 2.78. The molecule has 0 bridgehead atoms. The number of nitrogens with two attached hydrogens (primary N) is 1. The number of rotatable bonds is 1. The summed E-state index contributed by atoms with van der Waals surface area (Å²) >= 11 is 0. The maximum absolute atomic E-state index is 6.30. The average molecular weight is 211 g/mol. The van der Waals surface area contributed by atoms with Gasteiger partial charge in [0, 0.05) is 5.54 Å². The van der Waals surface area contributed by atoms with Crippen LogP contribution in [0.1, 0.15) is 78.6 Å². The van der Waals surface area contributed by atoms with Crippen molar-refractivity contribution < 1.29 is 0 Å². The maximum atomic E-state index is 6.30. The lowest BCUT2D eigenvalue weighted by atomic mass is 9.75. The van der Waals surface area contributed by atoms with Gasteiger partial charge in [0.15, 0.2) is 0 Å². The molecule has 90 valence electrons. The zero-order valence-electron chi connectivity index (χ0n) is 10.9. The molecule has 15 heavy (non-hydrogen) atoms. The van der Waals surface area contributed by atoms with E-state index < -0.39 is 0 Å². The molecule has 0 saturated heterocycles. The molecule has 2 atom stereocenters. The van der Waals surface area contributed by atoms with Gasteiger partial charge in [-0.25, -0.2) is 0 Å². The van der Waals surface area contributed by atoms with Crippen LogP contribution in [0.25, 0.3) is 0 Å². The first-order valence-corrected chi connectivity index (χ1v) is 6.76. The van der Waals surface area contributed by atoms with Gasteiger partial charge in [-0.15, -0.1) is 0 Å². The second kappa shape index (κ2) is 5.34. The minimum absolute atomic E-state index is 0.103. The van der Waals surface area contributed by atoms with Crippen molar-refractivity contribution >= 4 is 0 Å². The summed E-state index contributed by atoms with van der Waals surface area (Å²) in [5, 5.41) is 0. The first kappa shape index (κ1) is 13.0. The maximum Gasteiger partial charge on any atom is 0.0125 e. The van der Waals surface area contributed by atoms with Crippen LogP contribution in [0.5, 0.6) is 0 Å². The quantitative estimate of drug-likeness (QED) is 0.689. The monoisotopic (exact) mass is 211 g/mol. The molecule has 1 fully saturated rings. The van der Waals surface area contributed by atoms with Crippen LogP contribution >= 0.6 is 0 Å². The third-order valence-corrected chi connectivity index (χ3v) is 4.41. The molecule has 1 heteroatoms. The van der Waals surface area contributed by atoms with Crippen molar-refractivity contribution in [2.45, 2.75) is 84.1 Å². The van der Waals surface area contributed by atoms with Gasteiger partial charge in [0.05, 0.1) is 0 Å². The first-order valence-electron chi connectivity index (χ1n) is 6.76. The largest absolute Gasteiger partial charge is 0.325 e. The lowest BCUT2D eigenvalue weighted by Crippen LogP contribution is -2.36. The zero-order valence-corrected chi connectivity index (χ0v) is 10.9. The molecular weight excluding hydrogens is 182 g/mol. The summed E-state index contributed by atoms with van der Waals surface area (Å²) in [6.07, 6.45) is 12.0. The number of hydrogen-bond acceptors (Lipinski definition) is 1. The van der Waals surface area contributed by atoms with Crippen molar-refractivity contribution in [3.63, 3.8) is 0 Å². The Hall–Kier alpha value is -0.0400. The van der Waals surface area contributed by atoms with Crippen molar-refractivity contribution in [3.05, 3.63) is 0 Å². The van der Waals surface area contributed by atoms with Crippen LogP contribution < -0.4 is 5.73 Å². The molecule has 0 radical (unpaired) electrons. The Morgan fingerprint density at radius 2 is 1.40 bits per heavy atom. The molecule has 2 unspecified atom stereocenters. The van der Waals surface area contributed by atoms with E-state index in [2.05, 4.69) is 20.8 Å². The molecule has 0 aromatic heterocycles. The lowest BCUT2D eigenvalue weighted by molar-refractivity contribution is 0.218. The summed E-state index contributed by atoms with van der Waals surface area (Å²) in [7, 11) is 0. The summed E-state index contributed by atoms with van der Waals surface area (Å²) in [6, 6.07) is 0. The molecule has 0 aromatic rings. The van der Waals surface area contributed by atoms with Gasteiger partial charge in [-0.05, 0) is 38.0 Å². The molecule has 0 amide bonds. The van der Waals surface area contributed by atoms with Crippen molar-refractivity contribution in [2.75, 3.05) is 0 Å². The Morgan fingerprint density at radius 1 is 0.867 bits per heavy atom. The van der Waals surface area contributed by atoms with Crippen LogP contribution in [-0.2, 0) is 0 Å². The normalized spacial score (nSPS) is 40.0. The second-order valence-corrected chi connectivity index (χ2v) is 6.23. The van der Waals surface area contributed by atoms with Gasteiger partial charge in [0.2, 0.25) is 0 Å². The van der Waals surface area contributed by atoms with Crippen LogP contribution in [0.15, 0.2) is 0 Å². The van der Waals surface area contributed by atoms with Gasteiger partial charge in [-0.2, -0.15) is 0 Å². The molecule has 0 aromatic carbocycles. The summed E-state index contributed by atoms with van der Waals surface area (Å²) < 4.78 is 0. The standard InChI is InChI=1S/C14H29N/c1-4-13(2)9-6-5-7-11-14(3,15)12-8-10-13/h4-12,15H2,1-3H3. The first-order chi connectivity index (χ1) is 6.97. The summed E-state index contributed by atoms with van der Waals surface area (Å²) in [6.45, 7) is 7.04. The van der Waals surface area contributed by atoms with Crippen molar-refractivity contribution in [2.24, 2.45) is 11.1 Å². The van der Waals surface area contributed by atoms with E-state index in [1.165, 1.54) is 57.8 Å². The Kier molecular flexibility index (Phi) is 4.64. The highest BCUT2D eigenvalue weighted by molar-refractivity contribution is 4.82. The molecule has 2 N–H and O–H groups in total. The van der Waals surface area contributed by atoms with Crippen LogP contribution in [0.4, 0.5) is 0 Å². The van der Waals surface area contributed by atoms with Crippen LogP contribution in [0, 0.1) is 5.41 Å². The molecule has 0 spiro atoms. The average Bonchev–Trinajstić information content (AvgIpc) is 2.16. The van der Waals surface area contributed by atoms with Crippen molar-refractivity contribution in [3.8, 4) is 0 Å². The van der Waals surface area contributed by atoms with E-state index in [4.69, 9.17) is 5.73 Å².